The van der Waals surface area contributed by atoms with Crippen LogP contribution >= 0.6 is 0 Å². The van der Waals surface area contributed by atoms with Crippen LogP contribution in [0.1, 0.15) is 42.7 Å². The second kappa shape index (κ2) is 10.6. The molecule has 1 amide bonds. The highest BCUT2D eigenvalue weighted by Crippen LogP contribution is 2.31. The van der Waals surface area contributed by atoms with Crippen molar-refractivity contribution >= 4 is 5.91 Å². The van der Waals surface area contributed by atoms with E-state index >= 15 is 0 Å². The van der Waals surface area contributed by atoms with Gasteiger partial charge in [0.15, 0.2) is 11.5 Å². The quantitative estimate of drug-likeness (QED) is 0.624. The molecule has 28 heavy (non-hydrogen) atoms. The van der Waals surface area contributed by atoms with E-state index in [9.17, 15) is 4.79 Å². The summed E-state index contributed by atoms with van der Waals surface area (Å²) in [5, 5.41) is 3.00. The van der Waals surface area contributed by atoms with Crippen LogP contribution in [0.3, 0.4) is 0 Å². The zero-order valence-corrected chi connectivity index (χ0v) is 17.2. The number of rotatable bonds is 10. The van der Waals surface area contributed by atoms with Crippen LogP contribution in [0, 0.1) is 0 Å². The Labute approximate surface area is 166 Å². The fourth-order valence-electron chi connectivity index (χ4n) is 2.64. The molecule has 1 unspecified atom stereocenters. The Hall–Kier alpha value is -2.73. The van der Waals surface area contributed by atoms with Crippen LogP contribution in [0.15, 0.2) is 42.5 Å². The van der Waals surface area contributed by atoms with Crippen molar-refractivity contribution in [2.75, 3.05) is 27.4 Å². The number of hydrogen-bond donors (Lipinski definition) is 1. The highest BCUT2D eigenvalue weighted by molar-refractivity contribution is 5.94. The summed E-state index contributed by atoms with van der Waals surface area (Å²) >= 11 is 0. The predicted octanol–water partition coefficient (Wildman–Crippen LogP) is 4.00. The Kier molecular flexibility index (Phi) is 8.14. The van der Waals surface area contributed by atoms with Gasteiger partial charge in [-0.15, -0.1) is 0 Å². The molecule has 152 valence electrons. The van der Waals surface area contributed by atoms with Crippen LogP contribution < -0.4 is 19.5 Å². The Bertz CT molecular complexity index is 775. The number of benzene rings is 2. The number of carbonyl (C=O) groups is 1. The van der Waals surface area contributed by atoms with E-state index in [1.807, 2.05) is 45.0 Å². The Morgan fingerprint density at radius 3 is 2.46 bits per heavy atom. The molecular formula is C22H29NO5. The maximum atomic E-state index is 12.6. The normalized spacial score (nSPS) is 11.8. The first kappa shape index (κ1) is 21.6. The molecule has 0 fully saturated rings. The van der Waals surface area contributed by atoms with Crippen molar-refractivity contribution in [3.05, 3.63) is 53.6 Å². The molecule has 0 radical (unpaired) electrons. The molecule has 2 rings (SSSR count). The van der Waals surface area contributed by atoms with Gasteiger partial charge in [-0.25, -0.2) is 0 Å². The van der Waals surface area contributed by atoms with Crippen molar-refractivity contribution in [3.63, 3.8) is 0 Å². The van der Waals surface area contributed by atoms with E-state index in [4.69, 9.17) is 18.9 Å². The number of nitrogens with one attached hydrogen (secondary N) is 1. The van der Waals surface area contributed by atoms with Gasteiger partial charge >= 0.3 is 0 Å². The minimum atomic E-state index is -0.201. The van der Waals surface area contributed by atoms with Gasteiger partial charge in [0.2, 0.25) is 0 Å². The summed E-state index contributed by atoms with van der Waals surface area (Å²) in [7, 11) is 3.22. The van der Waals surface area contributed by atoms with Gasteiger partial charge < -0.3 is 24.3 Å². The third-order valence-electron chi connectivity index (χ3n) is 4.05. The monoisotopic (exact) mass is 387 g/mol. The van der Waals surface area contributed by atoms with Gasteiger partial charge in [0, 0.05) is 12.7 Å². The predicted molar refractivity (Wildman–Crippen MR) is 108 cm³/mol. The van der Waals surface area contributed by atoms with E-state index in [0.29, 0.717) is 36.0 Å². The van der Waals surface area contributed by atoms with Gasteiger partial charge in [-0.1, -0.05) is 12.1 Å². The van der Waals surface area contributed by atoms with Crippen molar-refractivity contribution in [1.29, 1.82) is 0 Å². The second-order valence-electron chi connectivity index (χ2n) is 6.64. The summed E-state index contributed by atoms with van der Waals surface area (Å²) in [5.74, 6) is 1.78. The zero-order chi connectivity index (χ0) is 20.5. The lowest BCUT2D eigenvalue weighted by Crippen LogP contribution is -2.26. The molecule has 0 aliphatic heterocycles. The average molecular weight is 387 g/mol. The second-order valence-corrected chi connectivity index (χ2v) is 6.64. The third-order valence-corrected chi connectivity index (χ3v) is 4.05. The summed E-state index contributed by atoms with van der Waals surface area (Å²) in [4.78, 5) is 12.6. The molecule has 6 nitrogen and oxygen atoms in total. The van der Waals surface area contributed by atoms with Gasteiger partial charge in [-0.3, -0.25) is 4.79 Å². The van der Waals surface area contributed by atoms with Gasteiger partial charge in [-0.2, -0.15) is 0 Å². The molecule has 0 aromatic heterocycles. The van der Waals surface area contributed by atoms with Crippen molar-refractivity contribution < 1.29 is 23.7 Å². The fraction of sp³-hybridized carbons (Fsp3) is 0.409. The van der Waals surface area contributed by atoms with Crippen molar-refractivity contribution in [2.45, 2.75) is 32.9 Å². The SMILES string of the molecule is COCCOc1cccc(C(=O)NC(C)c2ccc(OC(C)C)c(OC)c2)c1. The number of carbonyl (C=O) groups excluding carboxylic acids is 1. The maximum absolute atomic E-state index is 12.6. The molecule has 0 heterocycles. The van der Waals surface area contributed by atoms with Crippen molar-refractivity contribution in [3.8, 4) is 17.2 Å². The van der Waals surface area contributed by atoms with Crippen LogP contribution in [0.5, 0.6) is 17.2 Å². The Balaban J connectivity index is 2.06. The summed E-state index contributed by atoms with van der Waals surface area (Å²) in [6.45, 7) is 6.77. The first-order valence-electron chi connectivity index (χ1n) is 9.31. The molecule has 0 aliphatic rings. The summed E-state index contributed by atoms with van der Waals surface area (Å²) in [6, 6.07) is 12.6. The summed E-state index contributed by atoms with van der Waals surface area (Å²) < 4.78 is 21.7. The largest absolute Gasteiger partial charge is 0.493 e. The van der Waals surface area contributed by atoms with Gasteiger partial charge in [0.25, 0.3) is 5.91 Å². The standard InChI is InChI=1S/C22H29NO5/c1-15(2)28-20-10-9-17(14-21(20)26-5)16(3)23-22(24)18-7-6-8-19(13-18)27-12-11-25-4/h6-10,13-16H,11-12H2,1-5H3,(H,23,24). The highest BCUT2D eigenvalue weighted by Gasteiger charge is 2.15. The first-order valence-corrected chi connectivity index (χ1v) is 9.31. The fourth-order valence-corrected chi connectivity index (χ4v) is 2.64. The molecule has 0 spiro atoms. The Morgan fingerprint density at radius 2 is 1.79 bits per heavy atom. The van der Waals surface area contributed by atoms with E-state index in [0.717, 1.165) is 5.56 Å². The molecule has 1 atom stereocenters. The molecule has 0 saturated carbocycles. The molecule has 1 N–H and O–H groups in total. The van der Waals surface area contributed by atoms with Crippen LogP contribution in [-0.2, 0) is 4.74 Å². The van der Waals surface area contributed by atoms with Crippen LogP contribution in [0.2, 0.25) is 0 Å². The lowest BCUT2D eigenvalue weighted by molar-refractivity contribution is 0.0939. The summed E-state index contributed by atoms with van der Waals surface area (Å²) in [6.07, 6.45) is 0.0512. The van der Waals surface area contributed by atoms with Crippen LogP contribution in [0.4, 0.5) is 0 Å². The Morgan fingerprint density at radius 1 is 1.00 bits per heavy atom. The lowest BCUT2D eigenvalue weighted by Gasteiger charge is -2.18. The molecule has 0 aliphatic carbocycles. The minimum Gasteiger partial charge on any atom is -0.493 e. The van der Waals surface area contributed by atoms with Crippen molar-refractivity contribution in [1.82, 2.24) is 5.32 Å². The number of methoxy groups -OCH3 is 2. The minimum absolute atomic E-state index is 0.0512. The molecule has 2 aromatic rings. The lowest BCUT2D eigenvalue weighted by atomic mass is 10.1. The highest BCUT2D eigenvalue weighted by atomic mass is 16.5. The molecule has 2 aromatic carbocycles. The van der Waals surface area contributed by atoms with Crippen LogP contribution in [0.25, 0.3) is 0 Å². The van der Waals surface area contributed by atoms with E-state index in [2.05, 4.69) is 5.32 Å². The van der Waals surface area contributed by atoms with Gasteiger partial charge in [0.05, 0.1) is 25.9 Å². The molecule has 6 heteroatoms. The van der Waals surface area contributed by atoms with E-state index < -0.39 is 0 Å². The number of ether oxygens (including phenoxy) is 4. The van der Waals surface area contributed by atoms with E-state index in [1.165, 1.54) is 0 Å². The van der Waals surface area contributed by atoms with Gasteiger partial charge in [-0.05, 0) is 56.7 Å². The zero-order valence-electron chi connectivity index (χ0n) is 17.2. The molecule has 0 saturated heterocycles. The third kappa shape index (κ3) is 6.16. The van der Waals surface area contributed by atoms with Gasteiger partial charge in [0.1, 0.15) is 12.4 Å². The maximum Gasteiger partial charge on any atom is 0.251 e. The molecular weight excluding hydrogens is 358 g/mol. The van der Waals surface area contributed by atoms with Crippen molar-refractivity contribution in [2.24, 2.45) is 0 Å². The van der Waals surface area contributed by atoms with E-state index in [1.54, 1.807) is 32.4 Å². The average Bonchev–Trinajstić information content (AvgIpc) is 2.68. The smallest absolute Gasteiger partial charge is 0.251 e. The first-order chi connectivity index (χ1) is 13.4. The van der Waals surface area contributed by atoms with Crippen LogP contribution in [-0.4, -0.2) is 39.4 Å². The number of hydrogen-bond acceptors (Lipinski definition) is 5. The summed E-state index contributed by atoms with van der Waals surface area (Å²) in [5.41, 5.74) is 1.46. The molecule has 0 bridgehead atoms. The topological polar surface area (TPSA) is 66.0 Å². The number of amides is 1. The van der Waals surface area contributed by atoms with E-state index in [-0.39, 0.29) is 18.1 Å².